The molecule has 0 aliphatic carbocycles. The highest BCUT2D eigenvalue weighted by Gasteiger charge is 2.17. The lowest BCUT2D eigenvalue weighted by molar-refractivity contribution is 0.520. The van der Waals surface area contributed by atoms with Crippen LogP contribution in [0.2, 0.25) is 0 Å². The molecule has 86 valence electrons. The predicted octanol–water partition coefficient (Wildman–Crippen LogP) is 1.66. The number of nitrogens with zero attached hydrogens (tertiary/aromatic N) is 2. The van der Waals surface area contributed by atoms with Crippen LogP contribution in [0.4, 0.5) is 0 Å². The summed E-state index contributed by atoms with van der Waals surface area (Å²) >= 11 is 1.47. The van der Waals surface area contributed by atoms with E-state index in [1.165, 1.54) is 15.6 Å². The molecule has 0 saturated carbocycles. The van der Waals surface area contributed by atoms with E-state index < -0.39 is 10.0 Å². The molecule has 0 saturated heterocycles. The smallest absolute Gasteiger partial charge is 0.218 e. The van der Waals surface area contributed by atoms with E-state index >= 15 is 0 Å². The molecule has 1 aromatic rings. The quantitative estimate of drug-likeness (QED) is 0.814. The lowest BCUT2D eigenvalue weighted by Crippen LogP contribution is -2.23. The average Bonchev–Trinajstić information content (AvgIpc) is 2.51. The van der Waals surface area contributed by atoms with Crippen LogP contribution in [-0.2, 0) is 15.8 Å². The zero-order chi connectivity index (χ0) is 11.6. The first-order valence-electron chi connectivity index (χ1n) is 4.67. The fourth-order valence-corrected chi connectivity index (χ4v) is 3.06. The van der Waals surface area contributed by atoms with Gasteiger partial charge in [-0.15, -0.1) is 11.3 Å². The van der Waals surface area contributed by atoms with Crippen molar-refractivity contribution in [3.8, 4) is 0 Å². The summed E-state index contributed by atoms with van der Waals surface area (Å²) in [6.07, 6.45) is 1.65. The van der Waals surface area contributed by atoms with Crippen LogP contribution >= 0.6 is 11.3 Å². The molecule has 15 heavy (non-hydrogen) atoms. The topological polar surface area (TPSA) is 50.3 Å². The third-order valence-electron chi connectivity index (χ3n) is 1.95. The van der Waals surface area contributed by atoms with Crippen molar-refractivity contribution < 1.29 is 8.42 Å². The van der Waals surface area contributed by atoms with Crippen LogP contribution in [0.15, 0.2) is 6.20 Å². The molecule has 0 atom stereocenters. The van der Waals surface area contributed by atoms with Gasteiger partial charge in [-0.1, -0.05) is 13.8 Å². The maximum Gasteiger partial charge on any atom is 0.218 e. The number of hydrogen-bond donors (Lipinski definition) is 0. The number of hydrogen-bond acceptors (Lipinski definition) is 4. The Morgan fingerprint density at radius 3 is 2.47 bits per heavy atom. The Kier molecular flexibility index (Phi) is 3.86. The first-order chi connectivity index (χ1) is 6.83. The Labute approximate surface area is 95.0 Å². The summed E-state index contributed by atoms with van der Waals surface area (Å²) in [7, 11) is -0.0771. The molecule has 0 fully saturated rings. The summed E-state index contributed by atoms with van der Waals surface area (Å²) in [5, 5.41) is 0.985. The molecule has 4 nitrogen and oxygen atoms in total. The van der Waals surface area contributed by atoms with Crippen LogP contribution in [0.25, 0.3) is 0 Å². The SMILES string of the molecule is CC(C)c1ncc(CS(=O)(=O)N(C)C)s1. The highest BCUT2D eigenvalue weighted by atomic mass is 32.2. The number of sulfonamides is 1. The molecule has 0 N–H and O–H groups in total. The molecule has 6 heteroatoms. The van der Waals surface area contributed by atoms with Gasteiger partial charge in [0, 0.05) is 31.1 Å². The van der Waals surface area contributed by atoms with Crippen LogP contribution < -0.4 is 0 Å². The Hall–Kier alpha value is -0.460. The van der Waals surface area contributed by atoms with Gasteiger partial charge < -0.3 is 0 Å². The first-order valence-corrected chi connectivity index (χ1v) is 7.10. The van der Waals surface area contributed by atoms with Gasteiger partial charge in [-0.25, -0.2) is 17.7 Å². The summed E-state index contributed by atoms with van der Waals surface area (Å²) in [6.45, 7) is 4.09. The molecule has 1 rings (SSSR count). The molecule has 1 heterocycles. The van der Waals surface area contributed by atoms with Gasteiger partial charge in [0.05, 0.1) is 5.01 Å². The van der Waals surface area contributed by atoms with Gasteiger partial charge in [-0.3, -0.25) is 0 Å². The minimum Gasteiger partial charge on any atom is -0.249 e. The first kappa shape index (κ1) is 12.6. The summed E-state index contributed by atoms with van der Waals surface area (Å²) in [6, 6.07) is 0. The van der Waals surface area contributed by atoms with E-state index in [2.05, 4.69) is 4.98 Å². The lowest BCUT2D eigenvalue weighted by Gasteiger charge is -2.09. The predicted molar refractivity (Wildman–Crippen MR) is 62.5 cm³/mol. The molecule has 0 aliphatic rings. The van der Waals surface area contributed by atoms with E-state index in [-0.39, 0.29) is 5.75 Å². The van der Waals surface area contributed by atoms with Crippen LogP contribution in [0.5, 0.6) is 0 Å². The minimum atomic E-state index is -3.16. The van der Waals surface area contributed by atoms with Crippen molar-refractivity contribution in [1.82, 2.24) is 9.29 Å². The number of rotatable bonds is 4. The maximum atomic E-state index is 11.6. The summed E-state index contributed by atoms with van der Waals surface area (Å²) in [5.74, 6) is 0.399. The van der Waals surface area contributed by atoms with Crippen LogP contribution in [0.3, 0.4) is 0 Å². The molecule has 0 aromatic carbocycles. The van der Waals surface area contributed by atoms with Crippen molar-refractivity contribution in [3.63, 3.8) is 0 Å². The average molecular weight is 248 g/mol. The van der Waals surface area contributed by atoms with Crippen molar-refractivity contribution in [1.29, 1.82) is 0 Å². The fourth-order valence-electron chi connectivity index (χ4n) is 0.965. The van der Waals surface area contributed by atoms with Gasteiger partial charge in [0.2, 0.25) is 10.0 Å². The molecule has 0 spiro atoms. The van der Waals surface area contributed by atoms with Gasteiger partial charge in [0.15, 0.2) is 0 Å². The van der Waals surface area contributed by atoms with E-state index in [0.29, 0.717) is 5.92 Å². The highest BCUT2D eigenvalue weighted by molar-refractivity contribution is 7.88. The van der Waals surface area contributed by atoms with Crippen LogP contribution in [0.1, 0.15) is 29.7 Å². The second-order valence-corrected chi connectivity index (χ2v) is 7.19. The van der Waals surface area contributed by atoms with Crippen LogP contribution in [0, 0.1) is 0 Å². The van der Waals surface area contributed by atoms with E-state index in [9.17, 15) is 8.42 Å². The standard InChI is InChI=1S/C9H16N2O2S2/c1-7(2)9-10-5-8(14-9)6-15(12,13)11(3)4/h5,7H,6H2,1-4H3. The van der Waals surface area contributed by atoms with Crippen molar-refractivity contribution in [3.05, 3.63) is 16.1 Å². The molecule has 1 aromatic heterocycles. The van der Waals surface area contributed by atoms with Crippen molar-refractivity contribution >= 4 is 21.4 Å². The molecular weight excluding hydrogens is 232 g/mol. The third-order valence-corrected chi connectivity index (χ3v) is 5.22. The summed E-state index contributed by atoms with van der Waals surface area (Å²) in [4.78, 5) is 4.99. The zero-order valence-corrected chi connectivity index (χ0v) is 11.0. The van der Waals surface area contributed by atoms with Gasteiger partial charge in [-0.2, -0.15) is 0 Å². The molecule has 0 amide bonds. The van der Waals surface area contributed by atoms with Crippen molar-refractivity contribution in [2.75, 3.05) is 14.1 Å². The second-order valence-electron chi connectivity index (χ2n) is 3.86. The Morgan fingerprint density at radius 1 is 1.47 bits per heavy atom. The fraction of sp³-hybridized carbons (Fsp3) is 0.667. The van der Waals surface area contributed by atoms with E-state index in [4.69, 9.17) is 0 Å². The van der Waals surface area contributed by atoms with Crippen LogP contribution in [-0.4, -0.2) is 31.8 Å². The van der Waals surface area contributed by atoms with E-state index in [0.717, 1.165) is 9.88 Å². The molecule has 0 radical (unpaired) electrons. The van der Waals surface area contributed by atoms with E-state index in [1.54, 1.807) is 20.3 Å². The van der Waals surface area contributed by atoms with Gasteiger partial charge in [-0.05, 0) is 0 Å². The van der Waals surface area contributed by atoms with Gasteiger partial charge in [0.25, 0.3) is 0 Å². The van der Waals surface area contributed by atoms with Gasteiger partial charge in [0.1, 0.15) is 5.75 Å². The Bertz CT molecular complexity index is 421. The van der Waals surface area contributed by atoms with E-state index in [1.807, 2.05) is 13.8 Å². The summed E-state index contributed by atoms with van der Waals surface area (Å²) in [5.41, 5.74) is 0. The largest absolute Gasteiger partial charge is 0.249 e. The number of thiazole rings is 1. The maximum absolute atomic E-state index is 11.6. The highest BCUT2D eigenvalue weighted by Crippen LogP contribution is 2.22. The Morgan fingerprint density at radius 2 is 2.07 bits per heavy atom. The minimum absolute atomic E-state index is 0.0460. The molecule has 0 bridgehead atoms. The summed E-state index contributed by atoms with van der Waals surface area (Å²) < 4.78 is 24.4. The number of aromatic nitrogens is 1. The van der Waals surface area contributed by atoms with Crippen molar-refractivity contribution in [2.45, 2.75) is 25.5 Å². The third kappa shape index (κ3) is 3.25. The Balaban J connectivity index is 2.82. The lowest BCUT2D eigenvalue weighted by atomic mass is 10.2. The molecule has 0 unspecified atom stereocenters. The molecular formula is C9H16N2O2S2. The second kappa shape index (κ2) is 4.59. The normalized spacial score (nSPS) is 12.7. The zero-order valence-electron chi connectivity index (χ0n) is 9.39. The molecule has 0 aliphatic heterocycles. The van der Waals surface area contributed by atoms with Crippen molar-refractivity contribution in [2.24, 2.45) is 0 Å². The monoisotopic (exact) mass is 248 g/mol. The van der Waals surface area contributed by atoms with Gasteiger partial charge >= 0.3 is 0 Å².